The van der Waals surface area contributed by atoms with Crippen LogP contribution in [0.5, 0.6) is 0 Å². The maximum Gasteiger partial charge on any atom is 0.246 e. The minimum atomic E-state index is -3.60. The van der Waals surface area contributed by atoms with Gasteiger partial charge in [-0.15, -0.1) is 11.6 Å². The van der Waals surface area contributed by atoms with Crippen LogP contribution < -0.4 is 0 Å². The molecule has 7 heteroatoms. The number of halogens is 1. The van der Waals surface area contributed by atoms with Crippen molar-refractivity contribution < 1.29 is 17.6 Å². The van der Waals surface area contributed by atoms with Crippen LogP contribution in [-0.4, -0.2) is 39.5 Å². The summed E-state index contributed by atoms with van der Waals surface area (Å²) in [5.74, 6) is 1.04. The monoisotopic (exact) mass is 309 g/mol. The van der Waals surface area contributed by atoms with E-state index in [0.717, 1.165) is 0 Å². The molecule has 19 heavy (non-hydrogen) atoms. The summed E-state index contributed by atoms with van der Waals surface area (Å²) in [4.78, 5) is 0.193. The molecule has 1 rings (SSSR count). The van der Waals surface area contributed by atoms with Crippen LogP contribution in [0.1, 0.15) is 24.0 Å². The van der Waals surface area contributed by atoms with Gasteiger partial charge in [0.25, 0.3) is 0 Å². The van der Waals surface area contributed by atoms with Gasteiger partial charge in [-0.05, 0) is 13.8 Å². The van der Waals surface area contributed by atoms with Gasteiger partial charge in [0, 0.05) is 25.8 Å². The lowest BCUT2D eigenvalue weighted by atomic mass is 10.3. The first-order valence-electron chi connectivity index (χ1n) is 6.04. The highest BCUT2D eigenvalue weighted by molar-refractivity contribution is 7.89. The van der Waals surface area contributed by atoms with Crippen molar-refractivity contribution in [2.45, 2.75) is 31.5 Å². The third kappa shape index (κ3) is 3.31. The molecular weight excluding hydrogens is 290 g/mol. The zero-order valence-corrected chi connectivity index (χ0v) is 13.3. The highest BCUT2D eigenvalue weighted by Gasteiger charge is 2.31. The molecule has 0 amide bonds. The number of ether oxygens (including phenoxy) is 1. The summed E-state index contributed by atoms with van der Waals surface area (Å²) in [5.41, 5.74) is 0.537. The quantitative estimate of drug-likeness (QED) is 0.725. The molecule has 1 aromatic heterocycles. The predicted molar refractivity (Wildman–Crippen MR) is 74.0 cm³/mol. The largest absolute Gasteiger partial charge is 0.465 e. The number of nitrogens with zero attached hydrogens (tertiary/aromatic N) is 1. The van der Waals surface area contributed by atoms with Crippen molar-refractivity contribution in [2.75, 3.05) is 26.8 Å². The van der Waals surface area contributed by atoms with Crippen LogP contribution >= 0.6 is 11.6 Å². The second-order valence-electron chi connectivity index (χ2n) is 4.15. The van der Waals surface area contributed by atoms with E-state index in [1.54, 1.807) is 20.8 Å². The van der Waals surface area contributed by atoms with Gasteiger partial charge in [0.05, 0.1) is 12.5 Å². The Hall–Kier alpha value is -0.560. The number of aryl methyl sites for hydroxylation is 2. The standard InChI is InChI=1S/C12H20ClNO4S/c1-5-14(6-7-17-4)19(15,16)12-10(3)18-9(2)11(12)8-13/h5-8H2,1-4H3. The molecule has 0 bridgehead atoms. The molecule has 0 aromatic carbocycles. The molecule has 0 unspecified atom stereocenters. The molecule has 0 N–H and O–H groups in total. The number of alkyl halides is 1. The zero-order valence-electron chi connectivity index (χ0n) is 11.7. The van der Waals surface area contributed by atoms with E-state index in [1.165, 1.54) is 11.4 Å². The molecule has 0 aliphatic heterocycles. The van der Waals surface area contributed by atoms with E-state index in [4.69, 9.17) is 20.8 Å². The van der Waals surface area contributed by atoms with Gasteiger partial charge in [-0.3, -0.25) is 0 Å². The van der Waals surface area contributed by atoms with E-state index in [0.29, 0.717) is 36.8 Å². The molecule has 5 nitrogen and oxygen atoms in total. The Bertz CT molecular complexity index is 524. The smallest absolute Gasteiger partial charge is 0.246 e. The van der Waals surface area contributed by atoms with Crippen LogP contribution in [0.4, 0.5) is 0 Å². The molecule has 110 valence electrons. The predicted octanol–water partition coefficient (Wildman–Crippen LogP) is 2.29. The molecule has 0 spiro atoms. The molecule has 0 saturated heterocycles. The lowest BCUT2D eigenvalue weighted by Crippen LogP contribution is -2.34. The Labute approximate surface area is 119 Å². The van der Waals surface area contributed by atoms with Crippen LogP contribution in [-0.2, 0) is 20.6 Å². The molecule has 0 saturated carbocycles. The van der Waals surface area contributed by atoms with Gasteiger partial charge in [0.2, 0.25) is 10.0 Å². The number of sulfonamides is 1. The van der Waals surface area contributed by atoms with Crippen molar-refractivity contribution >= 4 is 21.6 Å². The highest BCUT2D eigenvalue weighted by Crippen LogP contribution is 2.30. The van der Waals surface area contributed by atoms with Crippen molar-refractivity contribution in [1.29, 1.82) is 0 Å². The fourth-order valence-corrected chi connectivity index (χ4v) is 4.22. The lowest BCUT2D eigenvalue weighted by molar-refractivity contribution is 0.180. The van der Waals surface area contributed by atoms with E-state index in [9.17, 15) is 8.42 Å². The molecule has 1 aromatic rings. The number of hydrogen-bond donors (Lipinski definition) is 0. The first-order chi connectivity index (χ1) is 8.89. The third-order valence-electron chi connectivity index (χ3n) is 2.95. The number of likely N-dealkylation sites (N-methyl/N-ethyl adjacent to an activating group) is 1. The number of furan rings is 1. The SMILES string of the molecule is CCN(CCOC)S(=O)(=O)c1c(C)oc(C)c1CCl. The van der Waals surface area contributed by atoms with Gasteiger partial charge in [0.15, 0.2) is 0 Å². The Balaban J connectivity index is 3.25. The van der Waals surface area contributed by atoms with Crippen LogP contribution in [0.2, 0.25) is 0 Å². The average molecular weight is 310 g/mol. The Morgan fingerprint density at radius 1 is 1.32 bits per heavy atom. The second-order valence-corrected chi connectivity index (χ2v) is 6.29. The van der Waals surface area contributed by atoms with Gasteiger partial charge >= 0.3 is 0 Å². The van der Waals surface area contributed by atoms with Crippen molar-refractivity contribution in [3.63, 3.8) is 0 Å². The molecule has 0 atom stereocenters. The van der Waals surface area contributed by atoms with Gasteiger partial charge in [0.1, 0.15) is 16.4 Å². The van der Waals surface area contributed by atoms with E-state index in [-0.39, 0.29) is 10.8 Å². The molecule has 0 fully saturated rings. The summed E-state index contributed by atoms with van der Waals surface area (Å²) >= 11 is 5.84. The number of methoxy groups -OCH3 is 1. The summed E-state index contributed by atoms with van der Waals surface area (Å²) in [6.45, 7) is 6.17. The Morgan fingerprint density at radius 3 is 2.42 bits per heavy atom. The molecule has 0 radical (unpaired) electrons. The van der Waals surface area contributed by atoms with Crippen LogP contribution in [0.25, 0.3) is 0 Å². The summed E-state index contributed by atoms with van der Waals surface area (Å²) < 4.78 is 37.0. The lowest BCUT2D eigenvalue weighted by Gasteiger charge is -2.20. The van der Waals surface area contributed by atoms with E-state index >= 15 is 0 Å². The highest BCUT2D eigenvalue weighted by atomic mass is 35.5. The maximum atomic E-state index is 12.6. The third-order valence-corrected chi connectivity index (χ3v) is 5.39. The van der Waals surface area contributed by atoms with E-state index in [2.05, 4.69) is 0 Å². The normalized spacial score (nSPS) is 12.3. The van der Waals surface area contributed by atoms with Gasteiger partial charge in [-0.2, -0.15) is 4.31 Å². The molecule has 0 aliphatic carbocycles. The molecule has 0 aliphatic rings. The van der Waals surface area contributed by atoms with E-state index in [1.807, 2.05) is 0 Å². The maximum absolute atomic E-state index is 12.6. The topological polar surface area (TPSA) is 59.8 Å². The average Bonchev–Trinajstić information content (AvgIpc) is 2.64. The summed E-state index contributed by atoms with van der Waals surface area (Å²) in [5, 5.41) is 0. The Kier molecular flexibility index (Phi) is 5.85. The Morgan fingerprint density at radius 2 is 1.95 bits per heavy atom. The minimum Gasteiger partial charge on any atom is -0.465 e. The van der Waals surface area contributed by atoms with Gasteiger partial charge in [-0.1, -0.05) is 6.92 Å². The van der Waals surface area contributed by atoms with Gasteiger partial charge in [-0.25, -0.2) is 8.42 Å². The fourth-order valence-electron chi connectivity index (χ4n) is 1.97. The fraction of sp³-hybridized carbons (Fsp3) is 0.667. The van der Waals surface area contributed by atoms with Crippen LogP contribution in [0, 0.1) is 13.8 Å². The van der Waals surface area contributed by atoms with Crippen molar-refractivity contribution in [2.24, 2.45) is 0 Å². The summed E-state index contributed by atoms with van der Waals surface area (Å²) in [7, 11) is -2.06. The van der Waals surface area contributed by atoms with E-state index < -0.39 is 10.0 Å². The first-order valence-corrected chi connectivity index (χ1v) is 8.01. The van der Waals surface area contributed by atoms with Crippen molar-refractivity contribution in [3.8, 4) is 0 Å². The van der Waals surface area contributed by atoms with Crippen molar-refractivity contribution in [3.05, 3.63) is 17.1 Å². The van der Waals surface area contributed by atoms with Crippen molar-refractivity contribution in [1.82, 2.24) is 4.31 Å². The number of hydrogen-bond acceptors (Lipinski definition) is 4. The zero-order chi connectivity index (χ0) is 14.6. The first kappa shape index (κ1) is 16.5. The second kappa shape index (κ2) is 6.74. The summed E-state index contributed by atoms with van der Waals surface area (Å²) in [6, 6.07) is 0. The van der Waals surface area contributed by atoms with Gasteiger partial charge < -0.3 is 9.15 Å². The van der Waals surface area contributed by atoms with Crippen LogP contribution in [0.15, 0.2) is 9.31 Å². The molecule has 1 heterocycles. The minimum absolute atomic E-state index is 0.111. The number of rotatable bonds is 7. The summed E-state index contributed by atoms with van der Waals surface area (Å²) in [6.07, 6.45) is 0. The van der Waals surface area contributed by atoms with Crippen LogP contribution in [0.3, 0.4) is 0 Å². The molecular formula is C12H20ClNO4S.